The average molecular weight is 547 g/mol. The maximum absolute atomic E-state index is 14.9. The van der Waals surface area contributed by atoms with Crippen LogP contribution < -0.4 is 15.4 Å². The van der Waals surface area contributed by atoms with Crippen LogP contribution in [0.2, 0.25) is 0 Å². The van der Waals surface area contributed by atoms with Crippen molar-refractivity contribution in [2.75, 3.05) is 0 Å². The Morgan fingerprint density at radius 2 is 1.93 bits per heavy atom. The quantitative estimate of drug-likeness (QED) is 0.245. The molecule has 0 bridgehead atoms. The minimum absolute atomic E-state index is 0.233. The molecule has 0 fully saturated rings. The second-order valence-corrected chi connectivity index (χ2v) is 10.3. The lowest BCUT2D eigenvalue weighted by atomic mass is 9.90. The van der Waals surface area contributed by atoms with E-state index in [1.165, 1.54) is 25.3 Å². The van der Waals surface area contributed by atoms with Crippen molar-refractivity contribution in [2.24, 2.45) is 0 Å². The minimum atomic E-state index is -1.38. The number of carbonyl (C=O) groups is 1. The summed E-state index contributed by atoms with van der Waals surface area (Å²) in [6.45, 7) is 3.90. The van der Waals surface area contributed by atoms with Gasteiger partial charge in [0.1, 0.15) is 23.6 Å². The summed E-state index contributed by atoms with van der Waals surface area (Å²) in [7, 11) is 0. The van der Waals surface area contributed by atoms with Gasteiger partial charge < -0.3 is 35.5 Å². The van der Waals surface area contributed by atoms with Crippen molar-refractivity contribution in [2.45, 2.75) is 44.8 Å². The van der Waals surface area contributed by atoms with Gasteiger partial charge in [-0.25, -0.2) is 8.78 Å². The molecule has 0 spiro atoms. The first kappa shape index (κ1) is 25.8. The zero-order valence-electron chi connectivity index (χ0n) is 21.8. The second-order valence-electron chi connectivity index (χ2n) is 10.3. The van der Waals surface area contributed by atoms with Gasteiger partial charge in [0, 0.05) is 36.9 Å². The van der Waals surface area contributed by atoms with Crippen LogP contribution in [0.15, 0.2) is 72.7 Å². The predicted molar refractivity (Wildman–Crippen MR) is 144 cm³/mol. The van der Waals surface area contributed by atoms with Crippen molar-refractivity contribution >= 4 is 16.8 Å². The number of rotatable bonds is 6. The third-order valence-corrected chi connectivity index (χ3v) is 7.49. The van der Waals surface area contributed by atoms with Crippen molar-refractivity contribution in [3.05, 3.63) is 107 Å². The van der Waals surface area contributed by atoms with Crippen molar-refractivity contribution in [3.63, 3.8) is 0 Å². The number of halogens is 2. The molecule has 2 unspecified atom stereocenters. The number of nitrogens with zero attached hydrogens (tertiary/aromatic N) is 1. The lowest BCUT2D eigenvalue weighted by Gasteiger charge is -2.27. The molecule has 0 saturated heterocycles. The van der Waals surface area contributed by atoms with E-state index in [9.17, 15) is 23.8 Å². The van der Waals surface area contributed by atoms with Gasteiger partial charge in [0.2, 0.25) is 0 Å². The summed E-state index contributed by atoms with van der Waals surface area (Å²) in [6, 6.07) is 15.1. The Morgan fingerprint density at radius 1 is 1.12 bits per heavy atom. The molecule has 10 heteroatoms. The van der Waals surface area contributed by atoms with Crippen molar-refractivity contribution in [1.82, 2.24) is 20.5 Å². The standard InChI is InChI=1S/C30H28F2N4O4/c1-16(37)29(38)36-14-18-6-7-20(10-19(18)15-36)30(2,39)25-13-34-28(35-25)17-4-3-5-21(11-17)40-27-23(31)12-24-22(26(27)32)8-9-33-24/h3-13,16,28,33-35,37,39H,14-15H2,1-2H3/t16-,28?,30?/m1/s1. The van der Waals surface area contributed by atoms with E-state index < -0.39 is 35.3 Å². The van der Waals surface area contributed by atoms with Gasteiger partial charge in [-0.05, 0) is 54.3 Å². The van der Waals surface area contributed by atoms with Crippen LogP contribution in [0, 0.1) is 11.6 Å². The van der Waals surface area contributed by atoms with Crippen LogP contribution in [0.3, 0.4) is 0 Å². The SMILES string of the molecule is C[C@@H](O)C(=O)N1Cc2ccc(C(C)(O)C3=CNC(c4cccc(Oc5c(F)cc6[nH]ccc6c5F)c4)N3)cc2C1. The lowest BCUT2D eigenvalue weighted by Crippen LogP contribution is -2.33. The third kappa shape index (κ3) is 4.44. The highest BCUT2D eigenvalue weighted by molar-refractivity contribution is 5.82. The van der Waals surface area contributed by atoms with Gasteiger partial charge in [-0.2, -0.15) is 0 Å². The fourth-order valence-corrected chi connectivity index (χ4v) is 5.22. The predicted octanol–water partition coefficient (Wildman–Crippen LogP) is 4.40. The fourth-order valence-electron chi connectivity index (χ4n) is 5.22. The topological polar surface area (TPSA) is 110 Å². The summed E-state index contributed by atoms with van der Waals surface area (Å²) in [5.74, 6) is -2.17. The smallest absolute Gasteiger partial charge is 0.251 e. The van der Waals surface area contributed by atoms with Gasteiger partial charge in [-0.1, -0.05) is 30.3 Å². The largest absolute Gasteiger partial charge is 0.451 e. The van der Waals surface area contributed by atoms with Gasteiger partial charge in [-0.15, -0.1) is 0 Å². The summed E-state index contributed by atoms with van der Waals surface area (Å²) in [4.78, 5) is 16.6. The molecular weight excluding hydrogens is 518 g/mol. The van der Waals surface area contributed by atoms with Crippen LogP contribution in [0.1, 0.15) is 42.3 Å². The Kier molecular flexibility index (Phi) is 6.24. The number of aliphatic hydroxyl groups is 2. The van der Waals surface area contributed by atoms with Gasteiger partial charge in [0.25, 0.3) is 5.91 Å². The molecule has 40 heavy (non-hydrogen) atoms. The Balaban J connectivity index is 1.18. The molecule has 3 heterocycles. The first-order valence-corrected chi connectivity index (χ1v) is 12.9. The number of ether oxygens (including phenoxy) is 1. The maximum atomic E-state index is 14.9. The molecular formula is C30H28F2N4O4. The summed E-state index contributed by atoms with van der Waals surface area (Å²) in [5, 5.41) is 27.9. The number of aromatic amines is 1. The molecule has 2 aliphatic heterocycles. The summed E-state index contributed by atoms with van der Waals surface area (Å²) < 4.78 is 35.1. The highest BCUT2D eigenvalue weighted by atomic mass is 19.1. The molecule has 8 nitrogen and oxygen atoms in total. The van der Waals surface area contributed by atoms with E-state index in [1.54, 1.807) is 36.2 Å². The molecule has 1 amide bonds. The van der Waals surface area contributed by atoms with Crippen molar-refractivity contribution < 1.29 is 28.5 Å². The summed E-state index contributed by atoms with van der Waals surface area (Å²) in [5.41, 5.74) is 2.73. The summed E-state index contributed by atoms with van der Waals surface area (Å²) in [6.07, 6.45) is 1.72. The maximum Gasteiger partial charge on any atom is 0.251 e. The highest BCUT2D eigenvalue weighted by Gasteiger charge is 2.35. The van der Waals surface area contributed by atoms with Gasteiger partial charge in [0.05, 0.1) is 11.2 Å². The van der Waals surface area contributed by atoms with Crippen LogP contribution in [0.25, 0.3) is 10.9 Å². The number of benzene rings is 3. The highest BCUT2D eigenvalue weighted by Crippen LogP contribution is 2.36. The van der Waals surface area contributed by atoms with E-state index in [4.69, 9.17) is 4.74 Å². The van der Waals surface area contributed by atoms with Crippen LogP contribution >= 0.6 is 0 Å². The number of nitrogens with one attached hydrogen (secondary N) is 3. The Labute approximate surface area is 228 Å². The minimum Gasteiger partial charge on any atom is -0.451 e. The van der Waals surface area contributed by atoms with E-state index in [0.717, 1.165) is 16.7 Å². The number of hydrogen-bond donors (Lipinski definition) is 5. The number of aromatic nitrogens is 1. The number of hydrogen-bond acceptors (Lipinski definition) is 6. The van der Waals surface area contributed by atoms with Crippen molar-refractivity contribution in [1.29, 1.82) is 0 Å². The molecule has 2 aliphatic rings. The van der Waals surface area contributed by atoms with Crippen LogP contribution in [0.5, 0.6) is 11.5 Å². The number of aliphatic hydroxyl groups excluding tert-OH is 1. The van der Waals surface area contributed by atoms with Gasteiger partial charge >= 0.3 is 0 Å². The monoisotopic (exact) mass is 546 g/mol. The molecule has 6 rings (SSSR count). The molecule has 0 radical (unpaired) electrons. The molecule has 1 aromatic heterocycles. The lowest BCUT2D eigenvalue weighted by molar-refractivity contribution is -0.139. The Bertz CT molecular complexity index is 1660. The van der Waals surface area contributed by atoms with E-state index >= 15 is 0 Å². The Morgan fingerprint density at radius 3 is 2.73 bits per heavy atom. The fraction of sp³-hybridized carbons (Fsp3) is 0.233. The molecule has 0 aliphatic carbocycles. The molecule has 5 N–H and O–H groups in total. The zero-order valence-corrected chi connectivity index (χ0v) is 21.8. The number of H-pyrrole nitrogens is 1. The molecule has 206 valence electrons. The molecule has 4 aromatic rings. The molecule has 0 saturated carbocycles. The summed E-state index contributed by atoms with van der Waals surface area (Å²) >= 11 is 0. The number of amides is 1. The van der Waals surface area contributed by atoms with Crippen molar-refractivity contribution in [3.8, 4) is 11.5 Å². The van der Waals surface area contributed by atoms with Gasteiger partial charge in [-0.3, -0.25) is 4.79 Å². The van der Waals surface area contributed by atoms with Crippen LogP contribution in [-0.2, 0) is 23.5 Å². The van der Waals surface area contributed by atoms with E-state index in [-0.39, 0.29) is 17.0 Å². The van der Waals surface area contributed by atoms with E-state index in [0.29, 0.717) is 29.9 Å². The average Bonchev–Trinajstić information content (AvgIpc) is 3.70. The van der Waals surface area contributed by atoms with Gasteiger partial charge in [0.15, 0.2) is 17.4 Å². The molecule has 3 aromatic carbocycles. The Hall–Kier alpha value is -4.41. The number of carbonyl (C=O) groups excluding carboxylic acids is 1. The normalized spacial score (nSPS) is 18.5. The first-order chi connectivity index (χ1) is 19.1. The molecule has 3 atom stereocenters. The van der Waals surface area contributed by atoms with E-state index in [1.807, 2.05) is 24.3 Å². The van der Waals surface area contributed by atoms with Crippen LogP contribution in [0.4, 0.5) is 8.78 Å². The third-order valence-electron chi connectivity index (χ3n) is 7.49. The number of fused-ring (bicyclic) bond motifs is 2. The second kappa shape index (κ2) is 9.65. The van der Waals surface area contributed by atoms with E-state index in [2.05, 4.69) is 15.6 Å². The van der Waals surface area contributed by atoms with Crippen LogP contribution in [-0.4, -0.2) is 32.1 Å². The zero-order chi connectivity index (χ0) is 28.2. The first-order valence-electron chi connectivity index (χ1n) is 12.9.